The van der Waals surface area contributed by atoms with Gasteiger partial charge in [-0.3, -0.25) is 0 Å². The van der Waals surface area contributed by atoms with Crippen LogP contribution in [0.25, 0.3) is 0 Å². The van der Waals surface area contributed by atoms with Gasteiger partial charge in [-0.1, -0.05) is 20.3 Å². The van der Waals surface area contributed by atoms with Gasteiger partial charge in [-0.25, -0.2) is 0 Å². The van der Waals surface area contributed by atoms with Crippen LogP contribution in [0.4, 0.5) is 0 Å². The molecule has 0 aromatic rings. The van der Waals surface area contributed by atoms with Gasteiger partial charge >= 0.3 is 0 Å². The van der Waals surface area contributed by atoms with Crippen molar-refractivity contribution >= 4 is 0 Å². The van der Waals surface area contributed by atoms with E-state index in [1.165, 1.54) is 12.8 Å². The van der Waals surface area contributed by atoms with E-state index in [1.54, 1.807) is 0 Å². The smallest absolute Gasteiger partial charge is 0.0543 e. The number of hydrogen-bond acceptors (Lipinski definition) is 1. The highest BCUT2D eigenvalue weighted by Gasteiger charge is 2.24. The molecule has 0 spiro atoms. The van der Waals surface area contributed by atoms with E-state index in [1.807, 2.05) is 0 Å². The van der Waals surface area contributed by atoms with Crippen molar-refractivity contribution in [3.8, 4) is 0 Å². The monoisotopic (exact) mass is 142 g/mol. The summed E-state index contributed by atoms with van der Waals surface area (Å²) >= 11 is 0. The maximum Gasteiger partial charge on any atom is 0.0543 e. The Morgan fingerprint density at radius 3 is 2.60 bits per heavy atom. The fourth-order valence-corrected chi connectivity index (χ4v) is 2.04. The van der Waals surface area contributed by atoms with Crippen LogP contribution in [-0.2, 0) is 0 Å². The van der Waals surface area contributed by atoms with E-state index in [9.17, 15) is 5.11 Å². The van der Waals surface area contributed by atoms with E-state index < -0.39 is 0 Å². The average Bonchev–Trinajstić information content (AvgIpc) is 1.88. The molecule has 1 aliphatic rings. The van der Waals surface area contributed by atoms with Crippen molar-refractivity contribution in [3.63, 3.8) is 0 Å². The second-order valence-corrected chi connectivity index (χ2v) is 3.61. The van der Waals surface area contributed by atoms with E-state index in [-0.39, 0.29) is 6.10 Å². The molecule has 0 aromatic heterocycles. The molecule has 10 heavy (non-hydrogen) atoms. The third kappa shape index (κ3) is 1.72. The topological polar surface area (TPSA) is 20.2 Å². The minimum absolute atomic E-state index is 0.00204. The summed E-state index contributed by atoms with van der Waals surface area (Å²) < 4.78 is 0. The molecule has 1 rings (SSSR count). The van der Waals surface area contributed by atoms with Crippen molar-refractivity contribution in [1.82, 2.24) is 0 Å². The largest absolute Gasteiger partial charge is 0.393 e. The number of rotatable bonds is 1. The molecule has 0 bridgehead atoms. The zero-order valence-corrected chi connectivity index (χ0v) is 7.01. The van der Waals surface area contributed by atoms with Crippen LogP contribution in [0.1, 0.15) is 39.5 Å². The lowest BCUT2D eigenvalue weighted by atomic mass is 9.78. The molecule has 60 valence electrons. The number of aliphatic hydroxyl groups excluding tert-OH is 1. The highest BCUT2D eigenvalue weighted by atomic mass is 16.3. The van der Waals surface area contributed by atoms with Gasteiger partial charge in [0.25, 0.3) is 0 Å². The van der Waals surface area contributed by atoms with Crippen molar-refractivity contribution < 1.29 is 5.11 Å². The number of aliphatic hydroxyl groups is 1. The van der Waals surface area contributed by atoms with Gasteiger partial charge in [0, 0.05) is 0 Å². The summed E-state index contributed by atoms with van der Waals surface area (Å²) in [5, 5.41) is 9.29. The van der Waals surface area contributed by atoms with E-state index in [2.05, 4.69) is 13.8 Å². The Morgan fingerprint density at radius 2 is 2.10 bits per heavy atom. The zero-order valence-electron chi connectivity index (χ0n) is 7.01. The van der Waals surface area contributed by atoms with Crippen molar-refractivity contribution in [2.45, 2.75) is 45.6 Å². The normalized spacial score (nSPS) is 41.7. The highest BCUT2D eigenvalue weighted by molar-refractivity contribution is 4.75. The first-order chi connectivity index (χ1) is 4.74. The van der Waals surface area contributed by atoms with Crippen LogP contribution in [0.3, 0.4) is 0 Å². The molecular weight excluding hydrogens is 124 g/mol. The minimum Gasteiger partial charge on any atom is -0.393 e. The van der Waals surface area contributed by atoms with Crippen LogP contribution in [0.5, 0.6) is 0 Å². The Hall–Kier alpha value is -0.0400. The van der Waals surface area contributed by atoms with Crippen molar-refractivity contribution in [2.75, 3.05) is 0 Å². The average molecular weight is 142 g/mol. The SMILES string of the molecule is CC[C@H]1CC[C@H](O)C[C@@H]1C. The molecule has 3 atom stereocenters. The zero-order chi connectivity index (χ0) is 7.56. The molecule has 1 aliphatic carbocycles. The fraction of sp³-hybridized carbons (Fsp3) is 1.00. The summed E-state index contributed by atoms with van der Waals surface area (Å²) in [4.78, 5) is 0. The van der Waals surface area contributed by atoms with E-state index >= 15 is 0 Å². The summed E-state index contributed by atoms with van der Waals surface area (Å²) in [6.07, 6.45) is 4.58. The maximum absolute atomic E-state index is 9.29. The number of hydrogen-bond donors (Lipinski definition) is 1. The van der Waals surface area contributed by atoms with Gasteiger partial charge in [-0.2, -0.15) is 0 Å². The van der Waals surface area contributed by atoms with Gasteiger partial charge in [-0.15, -0.1) is 0 Å². The fourth-order valence-electron chi connectivity index (χ4n) is 2.04. The van der Waals surface area contributed by atoms with Crippen LogP contribution in [0, 0.1) is 11.8 Å². The molecule has 1 heteroatoms. The van der Waals surface area contributed by atoms with E-state index in [0.717, 1.165) is 24.7 Å². The summed E-state index contributed by atoms with van der Waals surface area (Å²) in [5.74, 6) is 1.62. The van der Waals surface area contributed by atoms with Gasteiger partial charge in [-0.05, 0) is 31.1 Å². The molecular formula is C9H18O. The van der Waals surface area contributed by atoms with Gasteiger partial charge in [0.2, 0.25) is 0 Å². The van der Waals surface area contributed by atoms with Crippen LogP contribution in [-0.4, -0.2) is 11.2 Å². The van der Waals surface area contributed by atoms with Crippen molar-refractivity contribution in [1.29, 1.82) is 0 Å². The lowest BCUT2D eigenvalue weighted by molar-refractivity contribution is 0.0740. The first-order valence-corrected chi connectivity index (χ1v) is 4.42. The van der Waals surface area contributed by atoms with Gasteiger partial charge in [0.15, 0.2) is 0 Å². The van der Waals surface area contributed by atoms with Gasteiger partial charge in [0.05, 0.1) is 6.10 Å². The Kier molecular flexibility index (Phi) is 2.72. The van der Waals surface area contributed by atoms with Crippen LogP contribution in [0.15, 0.2) is 0 Å². The maximum atomic E-state index is 9.29. The third-order valence-electron chi connectivity index (χ3n) is 2.84. The van der Waals surface area contributed by atoms with Crippen LogP contribution < -0.4 is 0 Å². The summed E-state index contributed by atoms with van der Waals surface area (Å²) in [7, 11) is 0. The first-order valence-electron chi connectivity index (χ1n) is 4.42. The van der Waals surface area contributed by atoms with Gasteiger partial charge < -0.3 is 5.11 Å². The predicted octanol–water partition coefficient (Wildman–Crippen LogP) is 2.19. The van der Waals surface area contributed by atoms with Crippen molar-refractivity contribution in [2.24, 2.45) is 11.8 Å². The molecule has 1 nitrogen and oxygen atoms in total. The summed E-state index contributed by atoms with van der Waals surface area (Å²) in [6.45, 7) is 4.51. The van der Waals surface area contributed by atoms with Gasteiger partial charge in [0.1, 0.15) is 0 Å². The standard InChI is InChI=1S/C9H18O/c1-3-8-4-5-9(10)6-7(8)2/h7-10H,3-6H2,1-2H3/t7-,8-,9-/m0/s1. The molecule has 1 N–H and O–H groups in total. The van der Waals surface area contributed by atoms with Crippen molar-refractivity contribution in [3.05, 3.63) is 0 Å². The Balaban J connectivity index is 2.36. The van der Waals surface area contributed by atoms with E-state index in [4.69, 9.17) is 0 Å². The molecule has 1 saturated carbocycles. The third-order valence-corrected chi connectivity index (χ3v) is 2.84. The summed E-state index contributed by atoms with van der Waals surface area (Å²) in [5.41, 5.74) is 0. The van der Waals surface area contributed by atoms with E-state index in [0.29, 0.717) is 0 Å². The molecule has 0 amide bonds. The Morgan fingerprint density at radius 1 is 1.40 bits per heavy atom. The molecule has 0 aliphatic heterocycles. The predicted molar refractivity (Wildman–Crippen MR) is 42.8 cm³/mol. The molecule has 0 unspecified atom stereocenters. The minimum atomic E-state index is -0.00204. The molecule has 0 aromatic carbocycles. The first kappa shape index (κ1) is 8.06. The van der Waals surface area contributed by atoms with Crippen LogP contribution >= 0.6 is 0 Å². The quantitative estimate of drug-likeness (QED) is 0.595. The molecule has 0 heterocycles. The highest BCUT2D eigenvalue weighted by Crippen LogP contribution is 2.31. The molecule has 1 fully saturated rings. The Labute approximate surface area is 63.4 Å². The lowest BCUT2D eigenvalue weighted by Crippen LogP contribution is -2.25. The molecule has 0 saturated heterocycles. The summed E-state index contributed by atoms with van der Waals surface area (Å²) in [6, 6.07) is 0. The lowest BCUT2D eigenvalue weighted by Gasteiger charge is -2.30. The van der Waals surface area contributed by atoms with Crippen LogP contribution in [0.2, 0.25) is 0 Å². The second kappa shape index (κ2) is 3.38. The Bertz CT molecular complexity index is 101. The second-order valence-electron chi connectivity index (χ2n) is 3.61. The molecule has 0 radical (unpaired) electrons.